The third-order valence-corrected chi connectivity index (χ3v) is 4.24. The number of hydrogen-bond donors (Lipinski definition) is 2. The Morgan fingerprint density at radius 2 is 2.06 bits per heavy atom. The Labute approximate surface area is 113 Å². The smallest absolute Gasteiger partial charge is 0.137 e. The SMILES string of the molecule is Cc1c(Cl)ncnc1NCC1CCCCC1CO. The molecule has 0 amide bonds. The number of rotatable bonds is 4. The Balaban J connectivity index is 1.96. The molecule has 1 aliphatic carbocycles. The average molecular weight is 270 g/mol. The second-order valence-corrected chi connectivity index (χ2v) is 5.36. The number of aliphatic hydroxyl groups excluding tert-OH is 1. The summed E-state index contributed by atoms with van der Waals surface area (Å²) in [5.41, 5.74) is 0.885. The van der Waals surface area contributed by atoms with E-state index in [1.54, 1.807) is 0 Å². The van der Waals surface area contributed by atoms with Crippen LogP contribution in [0.1, 0.15) is 31.2 Å². The van der Waals surface area contributed by atoms with Crippen LogP contribution in [-0.4, -0.2) is 28.2 Å². The lowest BCUT2D eigenvalue weighted by Gasteiger charge is -2.30. The maximum atomic E-state index is 9.38. The van der Waals surface area contributed by atoms with Crippen LogP contribution in [0.5, 0.6) is 0 Å². The van der Waals surface area contributed by atoms with Crippen LogP contribution in [0.4, 0.5) is 5.82 Å². The lowest BCUT2D eigenvalue weighted by molar-refractivity contribution is 0.141. The summed E-state index contributed by atoms with van der Waals surface area (Å²) in [6.45, 7) is 3.05. The summed E-state index contributed by atoms with van der Waals surface area (Å²) in [4.78, 5) is 8.14. The first-order chi connectivity index (χ1) is 8.72. The molecule has 0 saturated heterocycles. The monoisotopic (exact) mass is 269 g/mol. The zero-order chi connectivity index (χ0) is 13.0. The first kappa shape index (κ1) is 13.6. The van der Waals surface area contributed by atoms with Gasteiger partial charge >= 0.3 is 0 Å². The molecule has 2 unspecified atom stereocenters. The normalized spacial score (nSPS) is 23.9. The van der Waals surface area contributed by atoms with E-state index in [2.05, 4.69) is 15.3 Å². The van der Waals surface area contributed by atoms with E-state index in [9.17, 15) is 5.11 Å². The summed E-state index contributed by atoms with van der Waals surface area (Å²) in [5.74, 6) is 1.75. The minimum atomic E-state index is 0.288. The first-order valence-corrected chi connectivity index (χ1v) is 6.92. The molecule has 1 aromatic rings. The predicted molar refractivity (Wildman–Crippen MR) is 72.8 cm³/mol. The second-order valence-electron chi connectivity index (χ2n) is 5.01. The Kier molecular flexibility index (Phi) is 4.78. The largest absolute Gasteiger partial charge is 0.396 e. The molecular formula is C13H20ClN3O. The molecule has 1 fully saturated rings. The van der Waals surface area contributed by atoms with Crippen molar-refractivity contribution in [2.24, 2.45) is 11.8 Å². The van der Waals surface area contributed by atoms with E-state index in [0.717, 1.165) is 24.3 Å². The van der Waals surface area contributed by atoms with Crippen molar-refractivity contribution in [3.63, 3.8) is 0 Å². The van der Waals surface area contributed by atoms with Crippen LogP contribution >= 0.6 is 11.6 Å². The fourth-order valence-electron chi connectivity index (χ4n) is 2.63. The van der Waals surface area contributed by atoms with Crippen molar-refractivity contribution in [1.82, 2.24) is 9.97 Å². The molecular weight excluding hydrogens is 250 g/mol. The fraction of sp³-hybridized carbons (Fsp3) is 0.692. The third kappa shape index (κ3) is 3.12. The van der Waals surface area contributed by atoms with E-state index in [1.165, 1.54) is 25.6 Å². The van der Waals surface area contributed by atoms with Gasteiger partial charge in [0.1, 0.15) is 17.3 Å². The minimum absolute atomic E-state index is 0.288. The standard InChI is InChI=1S/C13H20ClN3O/c1-9-12(14)16-8-17-13(9)15-6-10-4-2-3-5-11(10)7-18/h8,10-11,18H,2-7H2,1H3,(H,15,16,17). The Morgan fingerprint density at radius 3 is 2.78 bits per heavy atom. The maximum absolute atomic E-state index is 9.38. The van der Waals surface area contributed by atoms with E-state index in [1.807, 2.05) is 6.92 Å². The molecule has 1 aromatic heterocycles. The molecule has 1 aliphatic rings. The van der Waals surface area contributed by atoms with Gasteiger partial charge in [0.25, 0.3) is 0 Å². The van der Waals surface area contributed by atoms with Gasteiger partial charge in [0.15, 0.2) is 0 Å². The summed E-state index contributed by atoms with van der Waals surface area (Å²) in [5, 5.41) is 13.2. The van der Waals surface area contributed by atoms with Crippen molar-refractivity contribution in [3.05, 3.63) is 17.0 Å². The number of nitrogens with zero attached hydrogens (tertiary/aromatic N) is 2. The molecule has 0 aliphatic heterocycles. The van der Waals surface area contributed by atoms with E-state index in [0.29, 0.717) is 17.0 Å². The molecule has 0 radical (unpaired) electrons. The molecule has 0 aromatic carbocycles. The highest BCUT2D eigenvalue weighted by molar-refractivity contribution is 6.30. The van der Waals surface area contributed by atoms with Crippen LogP contribution in [0.3, 0.4) is 0 Å². The third-order valence-electron chi connectivity index (χ3n) is 3.86. The molecule has 4 nitrogen and oxygen atoms in total. The zero-order valence-electron chi connectivity index (χ0n) is 10.7. The molecule has 1 saturated carbocycles. The van der Waals surface area contributed by atoms with Crippen LogP contribution in [0.25, 0.3) is 0 Å². The highest BCUT2D eigenvalue weighted by Crippen LogP contribution is 2.30. The van der Waals surface area contributed by atoms with Gasteiger partial charge in [-0.2, -0.15) is 0 Å². The quantitative estimate of drug-likeness (QED) is 0.825. The maximum Gasteiger partial charge on any atom is 0.137 e. The molecule has 1 heterocycles. The van der Waals surface area contributed by atoms with E-state index in [-0.39, 0.29) is 6.61 Å². The van der Waals surface area contributed by atoms with Crippen LogP contribution in [0.15, 0.2) is 6.33 Å². The predicted octanol–water partition coefficient (Wildman–Crippen LogP) is 2.65. The Morgan fingerprint density at radius 1 is 1.33 bits per heavy atom. The van der Waals surface area contributed by atoms with Gasteiger partial charge in [-0.3, -0.25) is 0 Å². The molecule has 0 spiro atoms. The number of aliphatic hydroxyl groups is 1. The molecule has 0 bridgehead atoms. The van der Waals surface area contributed by atoms with Crippen LogP contribution in [0.2, 0.25) is 5.15 Å². The molecule has 5 heteroatoms. The fourth-order valence-corrected chi connectivity index (χ4v) is 2.76. The van der Waals surface area contributed by atoms with Crippen molar-refractivity contribution >= 4 is 17.4 Å². The van der Waals surface area contributed by atoms with Gasteiger partial charge in [0.2, 0.25) is 0 Å². The summed E-state index contributed by atoms with van der Waals surface area (Å²) in [6.07, 6.45) is 6.27. The summed E-state index contributed by atoms with van der Waals surface area (Å²) in [7, 11) is 0. The zero-order valence-corrected chi connectivity index (χ0v) is 11.5. The Hall–Kier alpha value is -0.870. The van der Waals surface area contributed by atoms with E-state index < -0.39 is 0 Å². The number of aromatic nitrogens is 2. The highest BCUT2D eigenvalue weighted by atomic mass is 35.5. The first-order valence-electron chi connectivity index (χ1n) is 6.54. The number of anilines is 1. The van der Waals surface area contributed by atoms with Crippen molar-refractivity contribution in [2.75, 3.05) is 18.5 Å². The van der Waals surface area contributed by atoms with Gasteiger partial charge in [-0.1, -0.05) is 24.4 Å². The molecule has 18 heavy (non-hydrogen) atoms. The second kappa shape index (κ2) is 6.34. The van der Waals surface area contributed by atoms with E-state index >= 15 is 0 Å². The van der Waals surface area contributed by atoms with Gasteiger partial charge in [0, 0.05) is 18.7 Å². The summed E-state index contributed by atoms with van der Waals surface area (Å²) < 4.78 is 0. The van der Waals surface area contributed by atoms with Crippen molar-refractivity contribution < 1.29 is 5.11 Å². The van der Waals surface area contributed by atoms with Crippen molar-refractivity contribution in [1.29, 1.82) is 0 Å². The van der Waals surface area contributed by atoms with Gasteiger partial charge < -0.3 is 10.4 Å². The Bertz CT molecular complexity index is 400. The van der Waals surface area contributed by atoms with Crippen molar-refractivity contribution in [3.8, 4) is 0 Å². The van der Waals surface area contributed by atoms with Gasteiger partial charge in [-0.25, -0.2) is 9.97 Å². The van der Waals surface area contributed by atoms with Gasteiger partial charge in [-0.05, 0) is 31.6 Å². The molecule has 100 valence electrons. The molecule has 2 atom stereocenters. The lowest BCUT2D eigenvalue weighted by atomic mass is 9.79. The van der Waals surface area contributed by atoms with Crippen molar-refractivity contribution in [2.45, 2.75) is 32.6 Å². The number of halogens is 1. The number of hydrogen-bond acceptors (Lipinski definition) is 4. The average Bonchev–Trinajstić information content (AvgIpc) is 2.41. The van der Waals surface area contributed by atoms with Gasteiger partial charge in [0.05, 0.1) is 0 Å². The molecule has 2 N–H and O–H groups in total. The van der Waals surface area contributed by atoms with Crippen LogP contribution < -0.4 is 5.32 Å². The van der Waals surface area contributed by atoms with Gasteiger partial charge in [-0.15, -0.1) is 0 Å². The number of nitrogens with one attached hydrogen (secondary N) is 1. The molecule has 2 rings (SSSR count). The lowest BCUT2D eigenvalue weighted by Crippen LogP contribution is -2.29. The summed E-state index contributed by atoms with van der Waals surface area (Å²) >= 11 is 5.96. The highest BCUT2D eigenvalue weighted by Gasteiger charge is 2.24. The summed E-state index contributed by atoms with van der Waals surface area (Å²) in [6, 6.07) is 0. The minimum Gasteiger partial charge on any atom is -0.396 e. The topological polar surface area (TPSA) is 58.0 Å². The van der Waals surface area contributed by atoms with E-state index in [4.69, 9.17) is 11.6 Å². The van der Waals surface area contributed by atoms with Crippen LogP contribution in [0, 0.1) is 18.8 Å². The van der Waals surface area contributed by atoms with Crippen LogP contribution in [-0.2, 0) is 0 Å².